The second-order valence-electron chi connectivity index (χ2n) is 6.46. The Bertz CT molecular complexity index is 574. The van der Waals surface area contributed by atoms with Gasteiger partial charge in [0.05, 0.1) is 12.8 Å². The van der Waals surface area contributed by atoms with Crippen LogP contribution in [-0.4, -0.2) is 16.7 Å². The summed E-state index contributed by atoms with van der Waals surface area (Å²) >= 11 is 0. The van der Waals surface area contributed by atoms with Gasteiger partial charge in [0.15, 0.2) is 0 Å². The molecule has 0 unspecified atom stereocenters. The summed E-state index contributed by atoms with van der Waals surface area (Å²) in [6.45, 7) is 10.9. The predicted octanol–water partition coefficient (Wildman–Crippen LogP) is 4.30. The third-order valence-electron chi connectivity index (χ3n) is 3.37. The molecule has 1 aromatic carbocycles. The molecule has 0 N–H and O–H groups in total. The molecule has 2 aromatic rings. The maximum Gasteiger partial charge on any atom is 0.119 e. The van der Waals surface area contributed by atoms with Crippen LogP contribution in [0.15, 0.2) is 30.5 Å². The Hall–Kier alpha value is -1.77. The third-order valence-corrected chi connectivity index (χ3v) is 3.37. The minimum absolute atomic E-state index is 0.0569. The van der Waals surface area contributed by atoms with Gasteiger partial charge in [0.2, 0.25) is 0 Å². The number of aromatic nitrogens is 2. The first-order valence-corrected chi connectivity index (χ1v) is 7.07. The van der Waals surface area contributed by atoms with Crippen molar-refractivity contribution in [2.75, 3.05) is 7.11 Å². The van der Waals surface area contributed by atoms with E-state index in [0.29, 0.717) is 5.92 Å². The Labute approximate surface area is 121 Å². The lowest BCUT2D eigenvalue weighted by Gasteiger charge is -2.14. The fraction of sp³-hybridized carbons (Fsp3) is 0.471. The Morgan fingerprint density at radius 1 is 1.10 bits per heavy atom. The van der Waals surface area contributed by atoms with Gasteiger partial charge < -0.3 is 9.30 Å². The highest BCUT2D eigenvalue weighted by Gasteiger charge is 2.21. The second kappa shape index (κ2) is 5.31. The molecule has 0 amide bonds. The first-order valence-electron chi connectivity index (χ1n) is 7.07. The molecule has 20 heavy (non-hydrogen) atoms. The first kappa shape index (κ1) is 14.6. The fourth-order valence-corrected chi connectivity index (χ4v) is 2.11. The van der Waals surface area contributed by atoms with Crippen molar-refractivity contribution >= 4 is 0 Å². The summed E-state index contributed by atoms with van der Waals surface area (Å²) < 4.78 is 7.40. The van der Waals surface area contributed by atoms with E-state index >= 15 is 0 Å². The van der Waals surface area contributed by atoms with E-state index in [2.05, 4.69) is 57.5 Å². The van der Waals surface area contributed by atoms with Gasteiger partial charge in [-0.15, -0.1) is 0 Å². The highest BCUT2D eigenvalue weighted by atomic mass is 16.5. The van der Waals surface area contributed by atoms with Crippen molar-refractivity contribution in [2.45, 2.75) is 46.0 Å². The van der Waals surface area contributed by atoms with Crippen molar-refractivity contribution in [2.24, 2.45) is 0 Å². The average molecular weight is 272 g/mol. The number of methoxy groups -OCH3 is 1. The molecule has 0 fully saturated rings. The lowest BCUT2D eigenvalue weighted by Crippen LogP contribution is -2.11. The number of hydrogen-bond acceptors (Lipinski definition) is 2. The van der Waals surface area contributed by atoms with E-state index in [1.54, 1.807) is 7.11 Å². The average Bonchev–Trinajstić information content (AvgIpc) is 2.84. The second-order valence-corrected chi connectivity index (χ2v) is 6.46. The Balaban J connectivity index is 2.50. The van der Waals surface area contributed by atoms with Crippen molar-refractivity contribution in [1.29, 1.82) is 0 Å². The minimum atomic E-state index is 0.0569. The van der Waals surface area contributed by atoms with E-state index in [1.165, 1.54) is 0 Å². The molecule has 0 aliphatic carbocycles. The van der Waals surface area contributed by atoms with E-state index in [-0.39, 0.29) is 5.41 Å². The van der Waals surface area contributed by atoms with Crippen LogP contribution >= 0.6 is 0 Å². The van der Waals surface area contributed by atoms with Crippen LogP contribution in [0.2, 0.25) is 0 Å². The van der Waals surface area contributed by atoms with Crippen molar-refractivity contribution < 1.29 is 4.74 Å². The summed E-state index contributed by atoms with van der Waals surface area (Å²) in [5.41, 5.74) is 2.30. The highest BCUT2D eigenvalue weighted by Crippen LogP contribution is 2.27. The number of nitrogens with zero attached hydrogens (tertiary/aromatic N) is 2. The van der Waals surface area contributed by atoms with Crippen molar-refractivity contribution in [3.63, 3.8) is 0 Å². The quantitative estimate of drug-likeness (QED) is 0.833. The van der Waals surface area contributed by atoms with E-state index < -0.39 is 0 Å². The highest BCUT2D eigenvalue weighted by molar-refractivity contribution is 5.39. The molecule has 1 heterocycles. The van der Waals surface area contributed by atoms with E-state index in [9.17, 15) is 0 Å². The molecular weight excluding hydrogens is 248 g/mol. The van der Waals surface area contributed by atoms with Crippen LogP contribution in [0.4, 0.5) is 0 Å². The summed E-state index contributed by atoms with van der Waals surface area (Å²) in [4.78, 5) is 4.83. The van der Waals surface area contributed by atoms with Crippen molar-refractivity contribution in [3.05, 3.63) is 42.0 Å². The largest absolute Gasteiger partial charge is 0.497 e. The van der Waals surface area contributed by atoms with Crippen LogP contribution in [0.25, 0.3) is 5.69 Å². The Kier molecular flexibility index (Phi) is 3.89. The van der Waals surface area contributed by atoms with Gasteiger partial charge in [-0.3, -0.25) is 0 Å². The van der Waals surface area contributed by atoms with Crippen LogP contribution in [0.1, 0.15) is 52.1 Å². The summed E-state index contributed by atoms with van der Waals surface area (Å²) in [5.74, 6) is 2.35. The lowest BCUT2D eigenvalue weighted by atomic mass is 9.93. The zero-order valence-electron chi connectivity index (χ0n) is 13.3. The van der Waals surface area contributed by atoms with Crippen LogP contribution in [0.3, 0.4) is 0 Å². The molecule has 0 spiro atoms. The molecule has 108 valence electrons. The van der Waals surface area contributed by atoms with E-state index in [1.807, 2.05) is 12.1 Å². The predicted molar refractivity (Wildman–Crippen MR) is 82.9 cm³/mol. The lowest BCUT2D eigenvalue weighted by molar-refractivity contribution is 0.414. The topological polar surface area (TPSA) is 27.1 Å². The Morgan fingerprint density at radius 2 is 1.70 bits per heavy atom. The number of ether oxygens (including phenoxy) is 1. The fourth-order valence-electron chi connectivity index (χ4n) is 2.11. The molecule has 0 aliphatic heterocycles. The number of imidazole rings is 1. The van der Waals surface area contributed by atoms with Crippen molar-refractivity contribution in [3.8, 4) is 11.4 Å². The number of hydrogen-bond donors (Lipinski definition) is 0. The van der Waals surface area contributed by atoms with Gasteiger partial charge in [0.25, 0.3) is 0 Å². The summed E-state index contributed by atoms with van der Waals surface area (Å²) in [6.07, 6.45) is 2.15. The molecule has 0 atom stereocenters. The molecular formula is C17H24N2O. The zero-order valence-corrected chi connectivity index (χ0v) is 13.3. The number of rotatable bonds is 3. The van der Waals surface area contributed by atoms with Gasteiger partial charge in [-0.2, -0.15) is 0 Å². The monoisotopic (exact) mass is 272 g/mol. The van der Waals surface area contributed by atoms with Crippen molar-refractivity contribution in [1.82, 2.24) is 9.55 Å². The van der Waals surface area contributed by atoms with E-state index in [0.717, 1.165) is 23.0 Å². The molecule has 3 heteroatoms. The van der Waals surface area contributed by atoms with E-state index in [4.69, 9.17) is 9.72 Å². The standard InChI is InChI=1S/C17H24N2O/c1-12(2)16-18-15(17(3,4)5)11-19(16)13-7-9-14(20-6)10-8-13/h7-12H,1-6H3. The van der Waals surface area contributed by atoms with Gasteiger partial charge in [-0.1, -0.05) is 34.6 Å². The SMILES string of the molecule is COc1ccc(-n2cc(C(C)(C)C)nc2C(C)C)cc1. The molecule has 3 nitrogen and oxygen atoms in total. The molecule has 0 radical (unpaired) electrons. The third kappa shape index (κ3) is 2.87. The number of benzene rings is 1. The molecule has 0 saturated heterocycles. The summed E-state index contributed by atoms with van der Waals surface area (Å²) in [7, 11) is 1.68. The smallest absolute Gasteiger partial charge is 0.119 e. The summed E-state index contributed by atoms with van der Waals surface area (Å²) in [5, 5.41) is 0. The van der Waals surface area contributed by atoms with Gasteiger partial charge in [0, 0.05) is 23.2 Å². The maximum atomic E-state index is 5.22. The van der Waals surface area contributed by atoms with Gasteiger partial charge >= 0.3 is 0 Å². The van der Waals surface area contributed by atoms with Gasteiger partial charge in [-0.05, 0) is 24.3 Å². The van der Waals surface area contributed by atoms with Crippen LogP contribution in [0, 0.1) is 0 Å². The van der Waals surface area contributed by atoms with Crippen LogP contribution < -0.4 is 4.74 Å². The normalized spacial score (nSPS) is 11.9. The molecule has 0 aliphatic rings. The molecule has 2 rings (SSSR count). The van der Waals surface area contributed by atoms with Crippen LogP contribution in [-0.2, 0) is 5.41 Å². The minimum Gasteiger partial charge on any atom is -0.497 e. The maximum absolute atomic E-state index is 5.22. The Morgan fingerprint density at radius 3 is 2.15 bits per heavy atom. The molecule has 1 aromatic heterocycles. The summed E-state index contributed by atoms with van der Waals surface area (Å²) in [6, 6.07) is 8.10. The zero-order chi connectivity index (χ0) is 14.9. The molecule has 0 saturated carbocycles. The molecule has 0 bridgehead atoms. The van der Waals surface area contributed by atoms with Gasteiger partial charge in [-0.25, -0.2) is 4.98 Å². The van der Waals surface area contributed by atoms with Gasteiger partial charge in [0.1, 0.15) is 11.6 Å². The first-order chi connectivity index (χ1) is 9.32. The van der Waals surface area contributed by atoms with Crippen LogP contribution in [0.5, 0.6) is 5.75 Å².